The molecule has 0 amide bonds. The van der Waals surface area contributed by atoms with Gasteiger partial charge in [0.1, 0.15) is 0 Å². The molecule has 1 fully saturated rings. The van der Waals surface area contributed by atoms with Gasteiger partial charge in [-0.1, -0.05) is 0 Å². The van der Waals surface area contributed by atoms with Crippen LogP contribution in [0.15, 0.2) is 0 Å². The van der Waals surface area contributed by atoms with E-state index < -0.39 is 0 Å². The van der Waals surface area contributed by atoms with E-state index in [-0.39, 0.29) is 0 Å². The second-order valence-electron chi connectivity index (χ2n) is 4.19. The molecule has 1 aliphatic rings. The Morgan fingerprint density at radius 3 is 2.38 bits per heavy atom. The quantitative estimate of drug-likeness (QED) is 0.436. The van der Waals surface area contributed by atoms with Gasteiger partial charge >= 0.3 is 96.9 Å². The fraction of sp³-hybridized carbons (Fsp3) is 1.00. The molecule has 0 spiro atoms. The Balaban J connectivity index is 1.78. The molecule has 0 radical (unpaired) electrons. The SMILES string of the molecule is [Li][CH2]CCCCCSC1CCCC1. The molecule has 0 saturated heterocycles. The van der Waals surface area contributed by atoms with Crippen molar-refractivity contribution in [1.29, 1.82) is 0 Å². The molecule has 0 aromatic rings. The second-order valence-corrected chi connectivity index (χ2v) is 5.60. The minimum atomic E-state index is 1.03. The minimum absolute atomic E-state index is 1.03. The van der Waals surface area contributed by atoms with Gasteiger partial charge in [-0.15, -0.1) is 0 Å². The Kier molecular flexibility index (Phi) is 7.65. The van der Waals surface area contributed by atoms with Crippen molar-refractivity contribution in [2.24, 2.45) is 0 Å². The van der Waals surface area contributed by atoms with Crippen molar-refractivity contribution in [3.63, 3.8) is 0 Å². The van der Waals surface area contributed by atoms with E-state index in [2.05, 4.69) is 29.5 Å². The molecule has 0 aromatic carbocycles. The van der Waals surface area contributed by atoms with Crippen LogP contribution in [-0.4, -0.2) is 28.7 Å². The standard InChI is InChI=1S/C11H21S.Li/c1-2-3-4-7-10-12-11-8-5-6-9-11;/h11H,1-10H2;. The summed E-state index contributed by atoms with van der Waals surface area (Å²) in [5.41, 5.74) is 0. The fourth-order valence-corrected chi connectivity index (χ4v) is 3.38. The van der Waals surface area contributed by atoms with Gasteiger partial charge in [0.05, 0.1) is 0 Å². The van der Waals surface area contributed by atoms with Crippen LogP contribution < -0.4 is 0 Å². The van der Waals surface area contributed by atoms with Crippen LogP contribution in [0.1, 0.15) is 51.4 Å². The van der Waals surface area contributed by atoms with Gasteiger partial charge < -0.3 is 0 Å². The summed E-state index contributed by atoms with van der Waals surface area (Å²) < 4.78 is 0. The van der Waals surface area contributed by atoms with Crippen molar-refractivity contribution in [3.05, 3.63) is 0 Å². The van der Waals surface area contributed by atoms with Crippen LogP contribution in [0.3, 0.4) is 0 Å². The zero-order valence-electron chi connectivity index (χ0n) is 9.06. The van der Waals surface area contributed by atoms with Gasteiger partial charge in [-0.3, -0.25) is 0 Å². The number of hydrogen-bond donors (Lipinski definition) is 0. The van der Waals surface area contributed by atoms with Gasteiger partial charge in [-0.25, -0.2) is 0 Å². The van der Waals surface area contributed by atoms with Gasteiger partial charge in [-0.05, 0) is 0 Å². The molecule has 1 saturated carbocycles. The summed E-state index contributed by atoms with van der Waals surface area (Å²) in [5.74, 6) is 1.42. The molecule has 0 unspecified atom stereocenters. The van der Waals surface area contributed by atoms with Crippen molar-refractivity contribution >= 4 is 29.5 Å². The molecule has 0 atom stereocenters. The predicted octanol–water partition coefficient (Wildman–Crippen LogP) is 3.81. The third-order valence-corrected chi connectivity index (χ3v) is 4.37. The van der Waals surface area contributed by atoms with Crippen molar-refractivity contribution < 1.29 is 0 Å². The number of unbranched alkanes of at least 4 members (excludes halogenated alkanes) is 3. The summed E-state index contributed by atoms with van der Waals surface area (Å²) in [6.07, 6.45) is 11.8. The molecule has 0 heterocycles. The normalized spacial score (nSPS) is 18.3. The zero-order chi connectivity index (χ0) is 9.36. The Morgan fingerprint density at radius 2 is 1.69 bits per heavy atom. The van der Waals surface area contributed by atoms with E-state index in [4.69, 9.17) is 0 Å². The first-order valence-corrected chi connectivity index (χ1v) is 7.10. The summed E-state index contributed by atoms with van der Waals surface area (Å²) in [6.45, 7) is 0. The fourth-order valence-electron chi connectivity index (χ4n) is 2.01. The zero-order valence-corrected chi connectivity index (χ0v) is 9.87. The summed E-state index contributed by atoms with van der Waals surface area (Å²) in [5, 5.41) is 2.40. The first kappa shape index (κ1) is 12.0. The predicted molar refractivity (Wildman–Crippen MR) is 63.7 cm³/mol. The molecular weight excluding hydrogens is 171 g/mol. The van der Waals surface area contributed by atoms with Gasteiger partial charge in [0, 0.05) is 0 Å². The van der Waals surface area contributed by atoms with E-state index in [1.54, 1.807) is 0 Å². The number of hydrogen-bond acceptors (Lipinski definition) is 1. The molecule has 0 nitrogen and oxygen atoms in total. The summed E-state index contributed by atoms with van der Waals surface area (Å²) in [7, 11) is 0. The van der Waals surface area contributed by atoms with Crippen molar-refractivity contribution in [2.75, 3.05) is 5.75 Å². The average molecular weight is 192 g/mol. The van der Waals surface area contributed by atoms with E-state index in [9.17, 15) is 0 Å². The maximum absolute atomic E-state index is 2.28. The number of thioether (sulfide) groups is 1. The maximum atomic E-state index is 2.28. The second kappa shape index (κ2) is 8.27. The van der Waals surface area contributed by atoms with Crippen molar-refractivity contribution in [3.8, 4) is 0 Å². The Bertz CT molecular complexity index is 111. The summed E-state index contributed by atoms with van der Waals surface area (Å²) in [4.78, 5) is 0. The van der Waals surface area contributed by atoms with E-state index in [1.807, 2.05) is 0 Å². The van der Waals surface area contributed by atoms with Crippen LogP contribution in [0.4, 0.5) is 0 Å². The summed E-state index contributed by atoms with van der Waals surface area (Å²) >= 11 is 4.53. The van der Waals surface area contributed by atoms with E-state index >= 15 is 0 Å². The topological polar surface area (TPSA) is 0 Å². The van der Waals surface area contributed by atoms with Gasteiger partial charge in [0.15, 0.2) is 0 Å². The summed E-state index contributed by atoms with van der Waals surface area (Å²) in [6, 6.07) is 0. The van der Waals surface area contributed by atoms with Crippen LogP contribution in [0.5, 0.6) is 0 Å². The molecule has 0 bridgehead atoms. The molecule has 0 aromatic heterocycles. The Hall–Kier alpha value is 0.947. The van der Waals surface area contributed by atoms with Crippen LogP contribution in [0.25, 0.3) is 0 Å². The molecule has 72 valence electrons. The number of rotatable bonds is 7. The Morgan fingerprint density at radius 1 is 1.00 bits per heavy atom. The van der Waals surface area contributed by atoms with Crippen molar-refractivity contribution in [2.45, 2.75) is 61.7 Å². The molecule has 13 heavy (non-hydrogen) atoms. The van der Waals surface area contributed by atoms with Gasteiger partial charge in [0.2, 0.25) is 0 Å². The molecule has 1 aliphatic carbocycles. The Labute approximate surface area is 96.8 Å². The van der Waals surface area contributed by atoms with E-state index in [0.717, 1.165) is 5.25 Å². The van der Waals surface area contributed by atoms with Crippen LogP contribution in [0, 0.1) is 0 Å². The average Bonchev–Trinajstić information content (AvgIpc) is 2.63. The first-order valence-electron chi connectivity index (χ1n) is 6.05. The monoisotopic (exact) mass is 192 g/mol. The third kappa shape index (κ3) is 6.10. The first-order chi connectivity index (χ1) is 6.43. The molecule has 2 heteroatoms. The van der Waals surface area contributed by atoms with E-state index in [0.29, 0.717) is 0 Å². The third-order valence-electron chi connectivity index (χ3n) is 2.90. The molecule has 1 rings (SSSR count). The van der Waals surface area contributed by atoms with Crippen LogP contribution in [-0.2, 0) is 0 Å². The van der Waals surface area contributed by atoms with Crippen LogP contribution >= 0.6 is 11.8 Å². The molecule has 0 aliphatic heterocycles. The molecular formula is C11H21LiS. The van der Waals surface area contributed by atoms with Crippen LogP contribution in [0.2, 0.25) is 5.09 Å². The van der Waals surface area contributed by atoms with Gasteiger partial charge in [0.25, 0.3) is 0 Å². The van der Waals surface area contributed by atoms with E-state index in [1.165, 1.54) is 62.2 Å². The molecule has 0 N–H and O–H groups in total. The van der Waals surface area contributed by atoms with Crippen molar-refractivity contribution in [1.82, 2.24) is 0 Å². The van der Waals surface area contributed by atoms with Gasteiger partial charge in [-0.2, -0.15) is 0 Å².